The van der Waals surface area contributed by atoms with Crippen LogP contribution in [0, 0.1) is 5.41 Å². The Hall–Kier alpha value is -0.0800. The minimum atomic E-state index is 0.490. The Balaban J connectivity index is 1.65. The van der Waals surface area contributed by atoms with Gasteiger partial charge < -0.3 is 10.2 Å². The average molecular weight is 264 g/mol. The van der Waals surface area contributed by atoms with E-state index in [1.54, 1.807) is 0 Å². The van der Waals surface area contributed by atoms with Crippen molar-refractivity contribution in [1.29, 1.82) is 0 Å². The Morgan fingerprint density at radius 2 is 1.63 bits per heavy atom. The van der Waals surface area contributed by atoms with E-state index in [1.165, 1.54) is 90.4 Å². The number of hydrogen-bond donors (Lipinski definition) is 1. The molecule has 0 amide bonds. The summed E-state index contributed by atoms with van der Waals surface area (Å²) in [5.74, 6) is 0. The Labute approximate surface area is 119 Å². The second-order valence-corrected chi connectivity index (χ2v) is 7.54. The van der Waals surface area contributed by atoms with E-state index < -0.39 is 0 Å². The Bertz CT molecular complexity index is 288. The van der Waals surface area contributed by atoms with E-state index in [4.69, 9.17) is 0 Å². The molecule has 1 heterocycles. The van der Waals surface area contributed by atoms with Gasteiger partial charge in [0, 0.05) is 18.6 Å². The molecular formula is C17H32N2. The van der Waals surface area contributed by atoms with Crippen molar-refractivity contribution >= 4 is 0 Å². The standard InChI is InChI=1S/C17H32N2/c1-2-16(8-3-4-9-16)14-19-13-7-12-18-17(15-19)10-5-6-11-17/h18H,2-15H2,1H3. The highest BCUT2D eigenvalue weighted by Gasteiger charge is 2.39. The molecule has 1 saturated heterocycles. The van der Waals surface area contributed by atoms with Crippen molar-refractivity contribution in [2.24, 2.45) is 5.41 Å². The molecule has 2 heteroatoms. The maximum atomic E-state index is 3.90. The summed E-state index contributed by atoms with van der Waals surface area (Å²) in [4.78, 5) is 2.83. The lowest BCUT2D eigenvalue weighted by molar-refractivity contribution is 0.125. The third-order valence-corrected chi connectivity index (χ3v) is 6.21. The van der Waals surface area contributed by atoms with Crippen molar-refractivity contribution in [3.8, 4) is 0 Å². The van der Waals surface area contributed by atoms with E-state index in [2.05, 4.69) is 17.1 Å². The van der Waals surface area contributed by atoms with Crippen molar-refractivity contribution in [1.82, 2.24) is 10.2 Å². The molecule has 0 atom stereocenters. The van der Waals surface area contributed by atoms with Crippen LogP contribution >= 0.6 is 0 Å². The second kappa shape index (κ2) is 5.73. The molecule has 110 valence electrons. The molecule has 0 bridgehead atoms. The Kier molecular flexibility index (Phi) is 4.19. The minimum Gasteiger partial charge on any atom is -0.310 e. The highest BCUT2D eigenvalue weighted by molar-refractivity contribution is 4.98. The summed E-state index contributed by atoms with van der Waals surface area (Å²) >= 11 is 0. The minimum absolute atomic E-state index is 0.490. The zero-order valence-electron chi connectivity index (χ0n) is 12.8. The van der Waals surface area contributed by atoms with E-state index in [1.807, 2.05) is 0 Å². The van der Waals surface area contributed by atoms with E-state index in [9.17, 15) is 0 Å². The van der Waals surface area contributed by atoms with Gasteiger partial charge in [0.05, 0.1) is 0 Å². The average Bonchev–Trinajstić information content (AvgIpc) is 3.00. The van der Waals surface area contributed by atoms with Crippen LogP contribution in [0.1, 0.15) is 71.1 Å². The van der Waals surface area contributed by atoms with Crippen molar-refractivity contribution in [3.05, 3.63) is 0 Å². The molecule has 2 nitrogen and oxygen atoms in total. The molecule has 1 N–H and O–H groups in total. The number of hydrogen-bond acceptors (Lipinski definition) is 2. The summed E-state index contributed by atoms with van der Waals surface area (Å²) < 4.78 is 0. The molecule has 3 fully saturated rings. The molecular weight excluding hydrogens is 232 g/mol. The maximum Gasteiger partial charge on any atom is 0.0308 e. The lowest BCUT2D eigenvalue weighted by atomic mass is 9.82. The first-order valence-corrected chi connectivity index (χ1v) is 8.73. The largest absolute Gasteiger partial charge is 0.310 e. The fourth-order valence-electron chi connectivity index (χ4n) is 4.96. The van der Waals surface area contributed by atoms with Crippen LogP contribution in [0.4, 0.5) is 0 Å². The van der Waals surface area contributed by atoms with Gasteiger partial charge in [0.1, 0.15) is 0 Å². The summed E-state index contributed by atoms with van der Waals surface area (Å²) in [7, 11) is 0. The fraction of sp³-hybridized carbons (Fsp3) is 1.00. The van der Waals surface area contributed by atoms with Crippen LogP contribution in [0.25, 0.3) is 0 Å². The predicted octanol–water partition coefficient (Wildman–Crippen LogP) is 3.56. The van der Waals surface area contributed by atoms with E-state index >= 15 is 0 Å². The van der Waals surface area contributed by atoms with E-state index in [0.717, 1.165) is 0 Å². The summed E-state index contributed by atoms with van der Waals surface area (Å²) in [5.41, 5.74) is 1.16. The Morgan fingerprint density at radius 3 is 2.32 bits per heavy atom. The normalized spacial score (nSPS) is 30.8. The van der Waals surface area contributed by atoms with Gasteiger partial charge in [-0.1, -0.05) is 32.6 Å². The van der Waals surface area contributed by atoms with E-state index in [0.29, 0.717) is 11.0 Å². The lowest BCUT2D eigenvalue weighted by Gasteiger charge is -2.38. The molecule has 1 spiro atoms. The maximum absolute atomic E-state index is 3.90. The van der Waals surface area contributed by atoms with Crippen LogP contribution in [0.15, 0.2) is 0 Å². The lowest BCUT2D eigenvalue weighted by Crippen LogP contribution is -2.51. The zero-order chi connectivity index (χ0) is 13.2. The van der Waals surface area contributed by atoms with Gasteiger partial charge in [0.2, 0.25) is 0 Å². The summed E-state index contributed by atoms with van der Waals surface area (Å²) in [6.07, 6.45) is 14.4. The van der Waals surface area contributed by atoms with Crippen LogP contribution in [0.2, 0.25) is 0 Å². The monoisotopic (exact) mass is 264 g/mol. The molecule has 3 aliphatic rings. The van der Waals surface area contributed by atoms with E-state index in [-0.39, 0.29) is 0 Å². The molecule has 1 aliphatic heterocycles. The van der Waals surface area contributed by atoms with Crippen molar-refractivity contribution in [2.75, 3.05) is 26.2 Å². The summed E-state index contributed by atoms with van der Waals surface area (Å²) in [6, 6.07) is 0. The van der Waals surface area contributed by atoms with Crippen LogP contribution in [-0.2, 0) is 0 Å². The fourth-order valence-corrected chi connectivity index (χ4v) is 4.96. The molecule has 0 aromatic rings. The van der Waals surface area contributed by atoms with Gasteiger partial charge in [-0.15, -0.1) is 0 Å². The van der Waals surface area contributed by atoms with Gasteiger partial charge in [0.15, 0.2) is 0 Å². The highest BCUT2D eigenvalue weighted by atomic mass is 15.2. The first-order chi connectivity index (χ1) is 9.26. The van der Waals surface area contributed by atoms with Crippen LogP contribution in [0.5, 0.6) is 0 Å². The zero-order valence-corrected chi connectivity index (χ0v) is 12.8. The van der Waals surface area contributed by atoms with Gasteiger partial charge >= 0.3 is 0 Å². The first kappa shape index (κ1) is 13.9. The third kappa shape index (κ3) is 3.00. The number of nitrogens with zero attached hydrogens (tertiary/aromatic N) is 1. The van der Waals surface area contributed by atoms with Crippen molar-refractivity contribution in [2.45, 2.75) is 76.7 Å². The van der Waals surface area contributed by atoms with Gasteiger partial charge in [-0.2, -0.15) is 0 Å². The van der Waals surface area contributed by atoms with Crippen molar-refractivity contribution < 1.29 is 0 Å². The summed E-state index contributed by atoms with van der Waals surface area (Å²) in [5, 5.41) is 3.90. The number of rotatable bonds is 3. The topological polar surface area (TPSA) is 15.3 Å². The molecule has 2 saturated carbocycles. The first-order valence-electron chi connectivity index (χ1n) is 8.73. The SMILES string of the molecule is CCC1(CN2CCCNC3(CCCC3)C2)CCCC1. The van der Waals surface area contributed by atoms with Crippen LogP contribution < -0.4 is 5.32 Å². The van der Waals surface area contributed by atoms with Crippen LogP contribution in [0.3, 0.4) is 0 Å². The number of nitrogens with one attached hydrogen (secondary N) is 1. The second-order valence-electron chi connectivity index (χ2n) is 7.54. The molecule has 0 unspecified atom stereocenters. The third-order valence-electron chi connectivity index (χ3n) is 6.21. The smallest absolute Gasteiger partial charge is 0.0308 e. The highest BCUT2D eigenvalue weighted by Crippen LogP contribution is 2.42. The molecule has 0 aromatic heterocycles. The van der Waals surface area contributed by atoms with Gasteiger partial charge in [-0.05, 0) is 57.0 Å². The predicted molar refractivity (Wildman–Crippen MR) is 81.5 cm³/mol. The van der Waals surface area contributed by atoms with Gasteiger partial charge in [0.25, 0.3) is 0 Å². The van der Waals surface area contributed by atoms with Gasteiger partial charge in [-0.25, -0.2) is 0 Å². The van der Waals surface area contributed by atoms with Crippen molar-refractivity contribution in [3.63, 3.8) is 0 Å². The van der Waals surface area contributed by atoms with Gasteiger partial charge in [-0.3, -0.25) is 0 Å². The molecule has 3 rings (SSSR count). The van der Waals surface area contributed by atoms with Crippen LogP contribution in [-0.4, -0.2) is 36.6 Å². The molecule has 2 aliphatic carbocycles. The Morgan fingerprint density at radius 1 is 0.947 bits per heavy atom. The summed E-state index contributed by atoms with van der Waals surface area (Å²) in [6.45, 7) is 7.71. The quantitative estimate of drug-likeness (QED) is 0.838. The molecule has 0 radical (unpaired) electrons. The molecule has 0 aromatic carbocycles. The molecule has 19 heavy (non-hydrogen) atoms.